The normalized spacial score (nSPS) is 27.0. The number of aryl methyl sites for hydroxylation is 2. The van der Waals surface area contributed by atoms with Crippen LogP contribution in [0.3, 0.4) is 0 Å². The summed E-state index contributed by atoms with van der Waals surface area (Å²) >= 11 is 0. The first-order valence-electron chi connectivity index (χ1n) is 9.07. The van der Waals surface area contributed by atoms with E-state index in [1.54, 1.807) is 0 Å². The molecule has 1 saturated carbocycles. The highest BCUT2D eigenvalue weighted by atomic mass is 16.2. The van der Waals surface area contributed by atoms with Crippen molar-refractivity contribution in [2.24, 2.45) is 12.5 Å². The van der Waals surface area contributed by atoms with Crippen LogP contribution in [-0.4, -0.2) is 32.8 Å². The Bertz CT molecular complexity index is 819. The monoisotopic (exact) mass is 324 g/mol. The predicted octanol–water partition coefficient (Wildman–Crippen LogP) is 3.82. The van der Waals surface area contributed by atoms with Gasteiger partial charge in [-0.2, -0.15) is 5.10 Å². The van der Waals surface area contributed by atoms with E-state index in [2.05, 4.69) is 28.3 Å². The number of carbonyl (C=O) groups excluding carboxylic acids is 1. The first-order valence-corrected chi connectivity index (χ1v) is 9.07. The van der Waals surface area contributed by atoms with Gasteiger partial charge in [-0.15, -0.1) is 0 Å². The second-order valence-electron chi connectivity index (χ2n) is 8.07. The number of piperidine rings is 1. The Morgan fingerprint density at radius 2 is 1.96 bits per heavy atom. The Morgan fingerprint density at radius 1 is 1.25 bits per heavy atom. The van der Waals surface area contributed by atoms with E-state index in [4.69, 9.17) is 0 Å². The number of nitrogens with zero attached hydrogens (tertiary/aromatic N) is 3. The number of hydrogen-bond acceptors (Lipinski definition) is 2. The minimum absolute atomic E-state index is 0.0741. The Hall–Kier alpha value is -2.04. The second-order valence-corrected chi connectivity index (χ2v) is 8.07. The van der Waals surface area contributed by atoms with E-state index in [1.165, 1.54) is 38.5 Å². The van der Waals surface area contributed by atoms with Crippen LogP contribution in [0.15, 0.2) is 18.2 Å². The van der Waals surface area contributed by atoms with Crippen molar-refractivity contribution in [3.8, 4) is 0 Å². The number of benzene rings is 1. The van der Waals surface area contributed by atoms with Crippen LogP contribution < -0.4 is 5.32 Å². The zero-order chi connectivity index (χ0) is 16.5. The first kappa shape index (κ1) is 14.3. The molecule has 2 atom stereocenters. The second kappa shape index (κ2) is 4.74. The van der Waals surface area contributed by atoms with Gasteiger partial charge in [-0.05, 0) is 69.1 Å². The number of aromatic nitrogens is 2. The molecule has 1 N–H and O–H groups in total. The Balaban J connectivity index is 1.37. The van der Waals surface area contributed by atoms with E-state index in [1.807, 2.05) is 23.9 Å². The fraction of sp³-hybridized carbons (Fsp3) is 0.579. The molecule has 2 aromatic rings. The number of nitrogens with one attached hydrogen (secondary N) is 1. The molecule has 2 unspecified atom stereocenters. The summed E-state index contributed by atoms with van der Waals surface area (Å²) in [5.74, 6) is 0. The molecule has 3 heterocycles. The van der Waals surface area contributed by atoms with E-state index in [0.29, 0.717) is 17.5 Å². The molecule has 1 aromatic heterocycles. The average Bonchev–Trinajstić information content (AvgIpc) is 3.14. The molecule has 1 aliphatic carbocycles. The van der Waals surface area contributed by atoms with Crippen LogP contribution in [0.1, 0.15) is 44.2 Å². The number of carbonyl (C=O) groups is 1. The molecule has 2 amide bonds. The van der Waals surface area contributed by atoms with Crippen LogP contribution in [-0.2, 0) is 7.05 Å². The van der Waals surface area contributed by atoms with Crippen molar-refractivity contribution in [2.45, 2.75) is 57.5 Å². The topological polar surface area (TPSA) is 50.2 Å². The Kier molecular flexibility index (Phi) is 2.83. The van der Waals surface area contributed by atoms with E-state index in [9.17, 15) is 4.79 Å². The third-order valence-corrected chi connectivity index (χ3v) is 6.53. The Labute approximate surface area is 142 Å². The van der Waals surface area contributed by atoms with Gasteiger partial charge in [0.1, 0.15) is 0 Å². The van der Waals surface area contributed by atoms with Gasteiger partial charge in [0, 0.05) is 35.9 Å². The van der Waals surface area contributed by atoms with Gasteiger partial charge in [0.05, 0.1) is 5.52 Å². The van der Waals surface area contributed by atoms with Crippen LogP contribution >= 0.6 is 0 Å². The van der Waals surface area contributed by atoms with Crippen molar-refractivity contribution < 1.29 is 4.79 Å². The van der Waals surface area contributed by atoms with Crippen molar-refractivity contribution in [1.82, 2.24) is 14.7 Å². The lowest BCUT2D eigenvalue weighted by Gasteiger charge is -2.39. The summed E-state index contributed by atoms with van der Waals surface area (Å²) in [6.45, 7) is 2.06. The minimum Gasteiger partial charge on any atom is -0.319 e. The third-order valence-electron chi connectivity index (χ3n) is 6.53. The Morgan fingerprint density at radius 3 is 2.62 bits per heavy atom. The first-order chi connectivity index (χ1) is 11.5. The predicted molar refractivity (Wildman–Crippen MR) is 94.0 cm³/mol. The molecule has 5 rings (SSSR count). The van der Waals surface area contributed by atoms with Gasteiger partial charge in [0.2, 0.25) is 0 Å². The zero-order valence-electron chi connectivity index (χ0n) is 14.4. The van der Waals surface area contributed by atoms with Crippen LogP contribution in [0.25, 0.3) is 10.9 Å². The smallest absolute Gasteiger partial charge is 0.319 e. The summed E-state index contributed by atoms with van der Waals surface area (Å²) in [6, 6.07) is 7.00. The van der Waals surface area contributed by atoms with Crippen molar-refractivity contribution in [2.75, 3.05) is 5.32 Å². The average molecular weight is 324 g/mol. The number of hydrogen-bond donors (Lipinski definition) is 1. The molecule has 1 aromatic carbocycles. The summed E-state index contributed by atoms with van der Waals surface area (Å²) in [5, 5.41) is 8.78. The molecule has 2 saturated heterocycles. The van der Waals surface area contributed by atoms with Gasteiger partial charge in [0.25, 0.3) is 0 Å². The fourth-order valence-electron chi connectivity index (χ4n) is 4.96. The largest absolute Gasteiger partial charge is 0.322 e. The highest BCUT2D eigenvalue weighted by molar-refractivity contribution is 5.93. The number of fused-ring (bicyclic) bond motifs is 3. The molecule has 3 fully saturated rings. The summed E-state index contributed by atoms with van der Waals surface area (Å²) in [7, 11) is 1.95. The fourth-order valence-corrected chi connectivity index (χ4v) is 4.96. The van der Waals surface area contributed by atoms with Crippen LogP contribution in [0, 0.1) is 12.3 Å². The lowest BCUT2D eigenvalue weighted by atomic mass is 9.88. The van der Waals surface area contributed by atoms with Gasteiger partial charge < -0.3 is 10.2 Å². The molecular weight excluding hydrogens is 300 g/mol. The molecule has 0 radical (unpaired) electrons. The maximum absolute atomic E-state index is 12.9. The molecule has 2 bridgehead atoms. The van der Waals surface area contributed by atoms with Gasteiger partial charge >= 0.3 is 6.03 Å². The molecule has 126 valence electrons. The highest BCUT2D eigenvalue weighted by Crippen LogP contribution is 2.59. The van der Waals surface area contributed by atoms with Gasteiger partial charge in [-0.1, -0.05) is 0 Å². The SMILES string of the molecule is Cc1c2ccc(NC(=O)N3C4CCC3CC3(CC3)C4)cc2nn1C. The molecule has 3 aliphatic rings. The highest BCUT2D eigenvalue weighted by Gasteiger charge is 2.55. The van der Waals surface area contributed by atoms with Crippen molar-refractivity contribution >= 4 is 22.6 Å². The standard InChI is InChI=1S/C19H24N4O/c1-12-16-6-3-13(9-17(16)21-22(12)2)20-18(24)23-14-4-5-15(23)11-19(10-14)7-8-19/h3,6,9,14-15H,4-5,7-8,10-11H2,1-2H3,(H,20,24). The third kappa shape index (κ3) is 2.06. The van der Waals surface area contributed by atoms with E-state index >= 15 is 0 Å². The maximum Gasteiger partial charge on any atom is 0.322 e. The quantitative estimate of drug-likeness (QED) is 0.867. The molecule has 5 heteroatoms. The van der Waals surface area contributed by atoms with Crippen molar-refractivity contribution in [3.05, 3.63) is 23.9 Å². The van der Waals surface area contributed by atoms with Gasteiger partial charge in [0.15, 0.2) is 0 Å². The van der Waals surface area contributed by atoms with Crippen LogP contribution in [0.5, 0.6) is 0 Å². The van der Waals surface area contributed by atoms with E-state index in [-0.39, 0.29) is 6.03 Å². The molecule has 5 nitrogen and oxygen atoms in total. The van der Waals surface area contributed by atoms with Gasteiger partial charge in [-0.3, -0.25) is 4.68 Å². The zero-order valence-corrected chi connectivity index (χ0v) is 14.4. The molecule has 2 aliphatic heterocycles. The van der Waals surface area contributed by atoms with Crippen molar-refractivity contribution in [3.63, 3.8) is 0 Å². The summed E-state index contributed by atoms with van der Waals surface area (Å²) in [5.41, 5.74) is 3.53. The van der Waals surface area contributed by atoms with Gasteiger partial charge in [-0.25, -0.2) is 4.79 Å². The summed E-state index contributed by atoms with van der Waals surface area (Å²) in [4.78, 5) is 15.0. The molecular formula is C19H24N4O. The van der Waals surface area contributed by atoms with Crippen molar-refractivity contribution in [1.29, 1.82) is 0 Å². The summed E-state index contributed by atoms with van der Waals surface area (Å²) < 4.78 is 1.89. The minimum atomic E-state index is 0.0741. The van der Waals surface area contributed by atoms with E-state index in [0.717, 1.165) is 22.3 Å². The number of rotatable bonds is 1. The molecule has 1 spiro atoms. The molecule has 24 heavy (non-hydrogen) atoms. The summed E-state index contributed by atoms with van der Waals surface area (Å²) in [6.07, 6.45) is 7.55. The number of amides is 2. The van der Waals surface area contributed by atoms with Crippen LogP contribution in [0.2, 0.25) is 0 Å². The number of anilines is 1. The lowest BCUT2D eigenvalue weighted by Crippen LogP contribution is -2.48. The van der Waals surface area contributed by atoms with Crippen LogP contribution in [0.4, 0.5) is 10.5 Å². The van der Waals surface area contributed by atoms with E-state index < -0.39 is 0 Å². The maximum atomic E-state index is 12.9. The lowest BCUT2D eigenvalue weighted by molar-refractivity contribution is 0.123. The number of urea groups is 1.